The summed E-state index contributed by atoms with van der Waals surface area (Å²) in [4.78, 5) is 15.5. The normalized spacial score (nSPS) is 15.9. The molecule has 1 aromatic heterocycles. The van der Waals surface area contributed by atoms with Crippen LogP contribution >= 0.6 is 0 Å². The zero-order valence-electron chi connectivity index (χ0n) is 13.1. The number of nitrogens with zero attached hydrogens (tertiary/aromatic N) is 3. The van der Waals surface area contributed by atoms with Gasteiger partial charge in [0.2, 0.25) is 10.0 Å². The van der Waals surface area contributed by atoms with E-state index in [0.29, 0.717) is 13.1 Å². The van der Waals surface area contributed by atoms with Gasteiger partial charge in [-0.25, -0.2) is 13.4 Å². The summed E-state index contributed by atoms with van der Waals surface area (Å²) in [6.45, 7) is 1.58. The van der Waals surface area contributed by atoms with Gasteiger partial charge in [0.25, 0.3) is 5.91 Å². The van der Waals surface area contributed by atoms with E-state index in [1.54, 1.807) is 12.5 Å². The number of carbonyl (C=O) groups excluding carboxylic acids is 1. The lowest BCUT2D eigenvalue weighted by Gasteiger charge is -2.38. The van der Waals surface area contributed by atoms with E-state index in [4.69, 9.17) is 10.5 Å². The number of rotatable bonds is 6. The number of ether oxygens (including phenoxy) is 1. The van der Waals surface area contributed by atoms with Crippen LogP contribution < -0.4 is 10.5 Å². The van der Waals surface area contributed by atoms with Crippen molar-refractivity contribution in [2.75, 3.05) is 20.2 Å². The van der Waals surface area contributed by atoms with E-state index in [-0.39, 0.29) is 22.1 Å². The molecule has 0 radical (unpaired) electrons. The van der Waals surface area contributed by atoms with Crippen LogP contribution in [0.25, 0.3) is 0 Å². The Hall–Kier alpha value is -2.39. The average Bonchev–Trinajstić information content (AvgIpc) is 3.02. The SMILES string of the molecule is COc1ccc(S(=O)(=O)N2CC(Cn3ccnc3)C2)cc1C(N)=O. The number of amides is 1. The van der Waals surface area contributed by atoms with Crippen molar-refractivity contribution >= 4 is 15.9 Å². The molecule has 3 rings (SSSR count). The molecule has 1 amide bonds. The molecule has 8 nitrogen and oxygen atoms in total. The van der Waals surface area contributed by atoms with Gasteiger partial charge in [-0.1, -0.05) is 0 Å². The fourth-order valence-electron chi connectivity index (χ4n) is 2.72. The second-order valence-corrected chi connectivity index (χ2v) is 7.61. The third-order valence-corrected chi connectivity index (χ3v) is 5.85. The predicted octanol–water partition coefficient (Wildman–Crippen LogP) is 0.311. The van der Waals surface area contributed by atoms with Gasteiger partial charge in [0.15, 0.2) is 0 Å². The minimum Gasteiger partial charge on any atom is -0.496 e. The molecule has 2 aromatic rings. The third kappa shape index (κ3) is 3.00. The lowest BCUT2D eigenvalue weighted by atomic mass is 10.0. The van der Waals surface area contributed by atoms with Crippen molar-refractivity contribution in [1.29, 1.82) is 0 Å². The van der Waals surface area contributed by atoms with Crippen LogP contribution in [0.15, 0.2) is 41.8 Å². The van der Waals surface area contributed by atoms with E-state index in [2.05, 4.69) is 4.98 Å². The number of hydrogen-bond acceptors (Lipinski definition) is 5. The Morgan fingerprint density at radius 3 is 2.75 bits per heavy atom. The van der Waals surface area contributed by atoms with Crippen LogP contribution in [0.5, 0.6) is 5.75 Å². The summed E-state index contributed by atoms with van der Waals surface area (Å²) in [5, 5.41) is 0. The molecule has 9 heteroatoms. The van der Waals surface area contributed by atoms with Gasteiger partial charge in [0.05, 0.1) is 23.9 Å². The van der Waals surface area contributed by atoms with Crippen molar-refractivity contribution < 1.29 is 17.9 Å². The summed E-state index contributed by atoms with van der Waals surface area (Å²) in [7, 11) is -2.26. The number of sulfonamides is 1. The molecule has 0 unspecified atom stereocenters. The molecule has 0 aliphatic carbocycles. The molecule has 0 atom stereocenters. The van der Waals surface area contributed by atoms with Crippen LogP contribution in [0.1, 0.15) is 10.4 Å². The standard InChI is InChI=1S/C15H18N4O4S/c1-23-14-3-2-12(6-13(14)15(16)20)24(21,22)19-8-11(9-19)7-18-5-4-17-10-18/h2-6,10-11H,7-9H2,1H3,(H2,16,20). The molecule has 24 heavy (non-hydrogen) atoms. The molecule has 1 saturated heterocycles. The molecule has 0 bridgehead atoms. The summed E-state index contributed by atoms with van der Waals surface area (Å²) in [6.07, 6.45) is 5.25. The highest BCUT2D eigenvalue weighted by Gasteiger charge is 2.37. The molecule has 1 aliphatic rings. The number of primary amides is 1. The Kier molecular flexibility index (Phi) is 4.29. The molecular formula is C15H18N4O4S. The van der Waals surface area contributed by atoms with Crippen LogP contribution in [-0.4, -0.2) is 48.4 Å². The lowest BCUT2D eigenvalue weighted by molar-refractivity contribution is 0.0997. The average molecular weight is 350 g/mol. The third-order valence-electron chi connectivity index (χ3n) is 4.03. The molecule has 1 fully saturated rings. The Labute approximate surface area is 139 Å². The maximum absolute atomic E-state index is 12.7. The van der Waals surface area contributed by atoms with Crippen molar-refractivity contribution in [2.45, 2.75) is 11.4 Å². The summed E-state index contributed by atoms with van der Waals surface area (Å²) < 4.78 is 33.6. The lowest BCUT2D eigenvalue weighted by Crippen LogP contribution is -2.51. The van der Waals surface area contributed by atoms with Crippen LogP contribution in [0, 0.1) is 5.92 Å². The van der Waals surface area contributed by atoms with Gasteiger partial charge in [-0.2, -0.15) is 4.31 Å². The Bertz CT molecular complexity index is 842. The summed E-state index contributed by atoms with van der Waals surface area (Å²) >= 11 is 0. The highest BCUT2D eigenvalue weighted by atomic mass is 32.2. The molecule has 2 N–H and O–H groups in total. The Balaban J connectivity index is 1.75. The molecule has 0 spiro atoms. The van der Waals surface area contributed by atoms with Gasteiger partial charge < -0.3 is 15.0 Å². The first kappa shape index (κ1) is 16.5. The van der Waals surface area contributed by atoms with Crippen molar-refractivity contribution in [3.63, 3.8) is 0 Å². The second-order valence-electron chi connectivity index (χ2n) is 5.67. The van der Waals surface area contributed by atoms with Crippen LogP contribution in [0.2, 0.25) is 0 Å². The van der Waals surface area contributed by atoms with Crippen molar-refractivity contribution in [1.82, 2.24) is 13.9 Å². The fraction of sp³-hybridized carbons (Fsp3) is 0.333. The number of benzene rings is 1. The fourth-order valence-corrected chi connectivity index (χ4v) is 4.34. The topological polar surface area (TPSA) is 108 Å². The first-order valence-corrected chi connectivity index (χ1v) is 8.79. The van der Waals surface area contributed by atoms with E-state index in [1.807, 2.05) is 10.8 Å². The quantitative estimate of drug-likeness (QED) is 0.807. The van der Waals surface area contributed by atoms with E-state index in [1.165, 1.54) is 29.6 Å². The Morgan fingerprint density at radius 1 is 1.42 bits per heavy atom. The van der Waals surface area contributed by atoms with Gasteiger partial charge in [-0.05, 0) is 18.2 Å². The smallest absolute Gasteiger partial charge is 0.252 e. The van der Waals surface area contributed by atoms with Crippen LogP contribution in [-0.2, 0) is 16.6 Å². The van der Waals surface area contributed by atoms with Gasteiger partial charge >= 0.3 is 0 Å². The zero-order valence-corrected chi connectivity index (χ0v) is 13.9. The highest BCUT2D eigenvalue weighted by Crippen LogP contribution is 2.29. The van der Waals surface area contributed by atoms with Gasteiger partial charge in [-0.15, -0.1) is 0 Å². The molecule has 0 saturated carbocycles. The molecular weight excluding hydrogens is 332 g/mol. The molecule has 2 heterocycles. The first-order valence-electron chi connectivity index (χ1n) is 7.35. The minimum absolute atomic E-state index is 0.0400. The molecule has 1 aromatic carbocycles. The highest BCUT2D eigenvalue weighted by molar-refractivity contribution is 7.89. The minimum atomic E-state index is -3.65. The van der Waals surface area contributed by atoms with Crippen molar-refractivity contribution in [3.8, 4) is 5.75 Å². The number of carbonyl (C=O) groups is 1. The number of hydrogen-bond donors (Lipinski definition) is 1. The number of methoxy groups -OCH3 is 1. The molecule has 128 valence electrons. The number of nitrogens with two attached hydrogens (primary N) is 1. The van der Waals surface area contributed by atoms with Crippen molar-refractivity contribution in [2.24, 2.45) is 11.7 Å². The second kappa shape index (κ2) is 6.25. The molecule has 1 aliphatic heterocycles. The zero-order chi connectivity index (χ0) is 17.3. The van der Waals surface area contributed by atoms with E-state index < -0.39 is 15.9 Å². The maximum Gasteiger partial charge on any atom is 0.252 e. The van der Waals surface area contributed by atoms with Crippen molar-refractivity contribution in [3.05, 3.63) is 42.5 Å². The predicted molar refractivity (Wildman–Crippen MR) is 86.0 cm³/mol. The first-order chi connectivity index (χ1) is 11.4. The number of aromatic nitrogens is 2. The maximum atomic E-state index is 12.7. The van der Waals surface area contributed by atoms with Gasteiger partial charge in [0.1, 0.15) is 5.75 Å². The Morgan fingerprint density at radius 2 is 2.17 bits per heavy atom. The summed E-state index contributed by atoms with van der Waals surface area (Å²) in [5.41, 5.74) is 5.34. The van der Waals surface area contributed by atoms with Gasteiger partial charge in [0, 0.05) is 37.9 Å². The largest absolute Gasteiger partial charge is 0.496 e. The van der Waals surface area contributed by atoms with E-state index >= 15 is 0 Å². The van der Waals surface area contributed by atoms with E-state index in [9.17, 15) is 13.2 Å². The van der Waals surface area contributed by atoms with E-state index in [0.717, 1.165) is 6.54 Å². The van der Waals surface area contributed by atoms with Gasteiger partial charge in [-0.3, -0.25) is 4.79 Å². The number of imidazole rings is 1. The monoisotopic (exact) mass is 350 g/mol. The summed E-state index contributed by atoms with van der Waals surface area (Å²) in [6, 6.07) is 4.12. The van der Waals surface area contributed by atoms with Crippen LogP contribution in [0.3, 0.4) is 0 Å². The summed E-state index contributed by atoms with van der Waals surface area (Å²) in [5.74, 6) is -0.239. The van der Waals surface area contributed by atoms with Crippen LogP contribution in [0.4, 0.5) is 0 Å².